The Labute approximate surface area is 122 Å². The van der Waals surface area contributed by atoms with Gasteiger partial charge in [0.25, 0.3) is 0 Å². The third-order valence-corrected chi connectivity index (χ3v) is 3.00. The third kappa shape index (κ3) is 2.52. The summed E-state index contributed by atoms with van der Waals surface area (Å²) >= 11 is 0. The zero-order valence-corrected chi connectivity index (χ0v) is 11.9. The van der Waals surface area contributed by atoms with Crippen LogP contribution in [0.4, 0.5) is 4.39 Å². The molecule has 0 radical (unpaired) electrons. The highest BCUT2D eigenvalue weighted by Gasteiger charge is 2.13. The maximum Gasteiger partial charge on any atom is 0.153 e. The lowest BCUT2D eigenvalue weighted by molar-refractivity contribution is 0.628. The van der Waals surface area contributed by atoms with Crippen LogP contribution < -0.4 is 5.73 Å². The van der Waals surface area contributed by atoms with Gasteiger partial charge in [-0.3, -0.25) is 0 Å². The van der Waals surface area contributed by atoms with Gasteiger partial charge in [0.05, 0.1) is 5.69 Å². The molecule has 2 aromatic heterocycles. The quantitative estimate of drug-likeness (QED) is 0.789. The Bertz CT molecular complexity index is 739. The minimum absolute atomic E-state index is 0. The lowest BCUT2D eigenvalue weighted by Gasteiger charge is -2.12. The number of benzene rings is 1. The fraction of sp³-hybridized carbons (Fsp3) is 0.143. The highest BCUT2D eigenvalue weighted by molar-refractivity contribution is 7.59. The van der Waals surface area contributed by atoms with Gasteiger partial charge in [0.1, 0.15) is 5.82 Å². The van der Waals surface area contributed by atoms with Crippen LogP contribution in [0.3, 0.4) is 0 Å². The molecule has 0 spiro atoms. The molecule has 4 nitrogen and oxygen atoms in total. The van der Waals surface area contributed by atoms with Crippen molar-refractivity contribution >= 4 is 19.1 Å². The van der Waals surface area contributed by atoms with Crippen LogP contribution in [0.5, 0.6) is 0 Å². The van der Waals surface area contributed by atoms with E-state index in [0.29, 0.717) is 11.3 Å². The summed E-state index contributed by atoms with van der Waals surface area (Å²) in [6.45, 7) is 1.87. The molecule has 2 heterocycles. The van der Waals surface area contributed by atoms with Crippen LogP contribution in [0.15, 0.2) is 42.7 Å². The van der Waals surface area contributed by atoms with E-state index >= 15 is 0 Å². The highest BCUT2D eigenvalue weighted by atomic mass is 32.1. The molecule has 1 atom stereocenters. The van der Waals surface area contributed by atoms with Crippen LogP contribution in [0.25, 0.3) is 16.9 Å². The number of hydrogen-bond donors (Lipinski definition) is 1. The molecular weight excluding hydrogens is 275 g/mol. The number of nitrogens with zero attached hydrogens (tertiary/aromatic N) is 3. The Morgan fingerprint density at radius 3 is 2.80 bits per heavy atom. The van der Waals surface area contributed by atoms with Gasteiger partial charge < -0.3 is 5.73 Å². The molecule has 2 N–H and O–H groups in total. The lowest BCUT2D eigenvalue weighted by atomic mass is 10.0. The molecule has 0 aliphatic carbocycles. The van der Waals surface area contributed by atoms with Gasteiger partial charge in [0.15, 0.2) is 5.65 Å². The van der Waals surface area contributed by atoms with E-state index in [-0.39, 0.29) is 25.4 Å². The standard InChI is InChI=1S/C14H13FN4.H2S/c1-9(16)12-8-13-17-5-6-19(13)18-14(12)10-3-2-4-11(15)7-10;/h2-9H,16H2,1H3;1H2/t9-;/m0./s1. The number of halogens is 1. The molecule has 20 heavy (non-hydrogen) atoms. The molecule has 6 heteroatoms. The predicted molar refractivity (Wildman–Crippen MR) is 81.4 cm³/mol. The monoisotopic (exact) mass is 290 g/mol. The molecule has 0 saturated heterocycles. The van der Waals surface area contributed by atoms with Crippen LogP contribution in [-0.4, -0.2) is 14.6 Å². The van der Waals surface area contributed by atoms with Crippen LogP contribution >= 0.6 is 13.5 Å². The molecular formula is C14H15FN4S. The number of hydrogen-bond acceptors (Lipinski definition) is 3. The predicted octanol–water partition coefficient (Wildman–Crippen LogP) is 2.67. The molecule has 0 saturated carbocycles. The summed E-state index contributed by atoms with van der Waals surface area (Å²) in [5, 5.41) is 4.48. The van der Waals surface area contributed by atoms with Gasteiger partial charge in [-0.2, -0.15) is 18.6 Å². The fourth-order valence-corrected chi connectivity index (χ4v) is 2.08. The minimum atomic E-state index is -0.291. The van der Waals surface area contributed by atoms with E-state index in [1.54, 1.807) is 23.0 Å². The number of imidazole rings is 1. The first kappa shape index (κ1) is 14.5. The second-order valence-corrected chi connectivity index (χ2v) is 4.48. The van der Waals surface area contributed by atoms with Crippen molar-refractivity contribution < 1.29 is 4.39 Å². The van der Waals surface area contributed by atoms with Gasteiger partial charge in [-0.15, -0.1) is 0 Å². The van der Waals surface area contributed by atoms with E-state index in [0.717, 1.165) is 11.2 Å². The van der Waals surface area contributed by atoms with Crippen molar-refractivity contribution in [2.45, 2.75) is 13.0 Å². The van der Waals surface area contributed by atoms with E-state index in [1.165, 1.54) is 12.1 Å². The Kier molecular flexibility index (Phi) is 4.06. The van der Waals surface area contributed by atoms with Gasteiger partial charge in [-0.05, 0) is 25.1 Å². The van der Waals surface area contributed by atoms with E-state index in [1.807, 2.05) is 19.1 Å². The average Bonchev–Trinajstić information content (AvgIpc) is 2.84. The summed E-state index contributed by atoms with van der Waals surface area (Å²) in [7, 11) is 0. The number of nitrogens with two attached hydrogens (primary N) is 1. The number of fused-ring (bicyclic) bond motifs is 1. The Morgan fingerprint density at radius 2 is 2.10 bits per heavy atom. The molecule has 0 bridgehead atoms. The molecule has 0 unspecified atom stereocenters. The fourth-order valence-electron chi connectivity index (χ4n) is 2.08. The van der Waals surface area contributed by atoms with Crippen LogP contribution in [0.1, 0.15) is 18.5 Å². The molecule has 0 aliphatic rings. The second kappa shape index (κ2) is 5.60. The number of aromatic nitrogens is 3. The van der Waals surface area contributed by atoms with Crippen molar-refractivity contribution in [2.24, 2.45) is 5.73 Å². The minimum Gasteiger partial charge on any atom is -0.324 e. The zero-order chi connectivity index (χ0) is 13.4. The average molecular weight is 290 g/mol. The van der Waals surface area contributed by atoms with Crippen LogP contribution in [0.2, 0.25) is 0 Å². The Morgan fingerprint density at radius 1 is 1.30 bits per heavy atom. The molecule has 104 valence electrons. The molecule has 3 aromatic rings. The van der Waals surface area contributed by atoms with Crippen molar-refractivity contribution in [1.82, 2.24) is 14.6 Å². The summed E-state index contributed by atoms with van der Waals surface area (Å²) in [6.07, 6.45) is 3.42. The maximum atomic E-state index is 13.4. The topological polar surface area (TPSA) is 56.2 Å². The van der Waals surface area contributed by atoms with E-state index < -0.39 is 0 Å². The summed E-state index contributed by atoms with van der Waals surface area (Å²) in [6, 6.07) is 8.03. The Balaban J connectivity index is 0.00000147. The molecule has 0 fully saturated rings. The van der Waals surface area contributed by atoms with Gasteiger partial charge in [-0.1, -0.05) is 12.1 Å². The first-order valence-corrected chi connectivity index (χ1v) is 6.01. The van der Waals surface area contributed by atoms with Crippen LogP contribution in [0, 0.1) is 5.82 Å². The lowest BCUT2D eigenvalue weighted by Crippen LogP contribution is -2.10. The maximum absolute atomic E-state index is 13.4. The zero-order valence-electron chi connectivity index (χ0n) is 10.9. The Hall–Kier alpha value is -1.92. The summed E-state index contributed by atoms with van der Waals surface area (Å²) in [4.78, 5) is 4.18. The summed E-state index contributed by atoms with van der Waals surface area (Å²) < 4.78 is 15.0. The normalized spacial score (nSPS) is 12.2. The smallest absolute Gasteiger partial charge is 0.153 e. The SMILES string of the molecule is C[C@H](N)c1cc2nccn2nc1-c1cccc(F)c1.S. The summed E-state index contributed by atoms with van der Waals surface area (Å²) in [5.41, 5.74) is 8.95. The van der Waals surface area contributed by atoms with E-state index in [4.69, 9.17) is 5.73 Å². The van der Waals surface area contributed by atoms with Gasteiger partial charge in [0.2, 0.25) is 0 Å². The van der Waals surface area contributed by atoms with Crippen molar-refractivity contribution in [2.75, 3.05) is 0 Å². The van der Waals surface area contributed by atoms with Gasteiger partial charge >= 0.3 is 0 Å². The molecule has 3 rings (SSSR count). The van der Waals surface area contributed by atoms with Gasteiger partial charge in [0, 0.05) is 29.6 Å². The molecule has 1 aromatic carbocycles. The van der Waals surface area contributed by atoms with Crippen molar-refractivity contribution in [3.63, 3.8) is 0 Å². The van der Waals surface area contributed by atoms with E-state index in [9.17, 15) is 4.39 Å². The van der Waals surface area contributed by atoms with Crippen molar-refractivity contribution in [3.8, 4) is 11.3 Å². The van der Waals surface area contributed by atoms with Crippen molar-refractivity contribution in [1.29, 1.82) is 0 Å². The third-order valence-electron chi connectivity index (χ3n) is 3.00. The first-order valence-electron chi connectivity index (χ1n) is 6.01. The van der Waals surface area contributed by atoms with Crippen LogP contribution in [-0.2, 0) is 0 Å². The highest BCUT2D eigenvalue weighted by Crippen LogP contribution is 2.26. The molecule has 0 amide bonds. The molecule has 0 aliphatic heterocycles. The second-order valence-electron chi connectivity index (χ2n) is 4.48. The van der Waals surface area contributed by atoms with E-state index in [2.05, 4.69) is 10.1 Å². The number of rotatable bonds is 2. The first-order chi connectivity index (χ1) is 9.15. The largest absolute Gasteiger partial charge is 0.324 e. The van der Waals surface area contributed by atoms with Gasteiger partial charge in [-0.25, -0.2) is 13.9 Å². The van der Waals surface area contributed by atoms with Crippen molar-refractivity contribution in [3.05, 3.63) is 54.1 Å². The summed E-state index contributed by atoms with van der Waals surface area (Å²) in [5.74, 6) is -0.291.